The van der Waals surface area contributed by atoms with Crippen LogP contribution < -0.4 is 5.32 Å². The number of carbonyl (C=O) groups is 1. The second-order valence-corrected chi connectivity index (χ2v) is 5.49. The summed E-state index contributed by atoms with van der Waals surface area (Å²) in [6, 6.07) is 12.4. The van der Waals surface area contributed by atoms with Crippen molar-refractivity contribution in [2.75, 3.05) is 5.32 Å². The van der Waals surface area contributed by atoms with Gasteiger partial charge in [-0.3, -0.25) is 5.32 Å². The minimum Gasteiger partial charge on any atom is -0.446 e. The van der Waals surface area contributed by atoms with E-state index >= 15 is 0 Å². The minimum absolute atomic E-state index is 0.170. The summed E-state index contributed by atoms with van der Waals surface area (Å²) in [5.41, 5.74) is 2.91. The third-order valence-electron chi connectivity index (χ3n) is 3.77. The molecule has 0 aromatic heterocycles. The van der Waals surface area contributed by atoms with E-state index in [0.717, 1.165) is 18.4 Å². The normalized spacial score (nSPS) is 11.8. The number of ether oxygens (including phenoxy) is 1. The van der Waals surface area contributed by atoms with Gasteiger partial charge in [0.25, 0.3) is 0 Å². The van der Waals surface area contributed by atoms with Gasteiger partial charge in [-0.1, -0.05) is 38.1 Å². The summed E-state index contributed by atoms with van der Waals surface area (Å²) < 4.78 is 19.4. The first-order valence-electron chi connectivity index (χ1n) is 7.90. The van der Waals surface area contributed by atoms with Crippen molar-refractivity contribution in [3.05, 3.63) is 53.8 Å². The number of rotatable bonds is 5. The zero-order valence-corrected chi connectivity index (χ0v) is 13.7. The van der Waals surface area contributed by atoms with Crippen molar-refractivity contribution >= 4 is 11.8 Å². The van der Waals surface area contributed by atoms with Crippen LogP contribution in [0.3, 0.4) is 0 Å². The van der Waals surface area contributed by atoms with Crippen molar-refractivity contribution in [3.63, 3.8) is 0 Å². The van der Waals surface area contributed by atoms with Gasteiger partial charge in [0.1, 0.15) is 11.9 Å². The molecule has 4 heteroatoms. The average Bonchev–Trinajstić information content (AvgIpc) is 2.55. The predicted molar refractivity (Wildman–Crippen MR) is 91.1 cm³/mol. The lowest BCUT2D eigenvalue weighted by atomic mass is 10.0. The van der Waals surface area contributed by atoms with Crippen molar-refractivity contribution in [2.24, 2.45) is 0 Å². The average molecular weight is 315 g/mol. The van der Waals surface area contributed by atoms with E-state index in [-0.39, 0.29) is 11.9 Å². The summed E-state index contributed by atoms with van der Waals surface area (Å²) in [5, 5.41) is 2.54. The highest BCUT2D eigenvalue weighted by atomic mass is 19.1. The Labute approximate surface area is 136 Å². The van der Waals surface area contributed by atoms with Gasteiger partial charge in [-0.25, -0.2) is 9.18 Å². The van der Waals surface area contributed by atoms with Gasteiger partial charge >= 0.3 is 6.09 Å². The minimum atomic E-state index is -0.571. The van der Waals surface area contributed by atoms with E-state index in [9.17, 15) is 9.18 Å². The van der Waals surface area contributed by atoms with E-state index in [1.807, 2.05) is 38.1 Å². The summed E-state index contributed by atoms with van der Waals surface area (Å²) >= 11 is 0. The molecule has 0 radical (unpaired) electrons. The lowest BCUT2D eigenvalue weighted by Gasteiger charge is -2.12. The maximum atomic E-state index is 14.3. The van der Waals surface area contributed by atoms with Gasteiger partial charge < -0.3 is 4.74 Å². The Kier molecular flexibility index (Phi) is 5.74. The molecule has 0 heterocycles. The Hall–Kier alpha value is -2.36. The molecular formula is C19H22FNO2. The van der Waals surface area contributed by atoms with Crippen LogP contribution in [0.1, 0.15) is 32.8 Å². The highest BCUT2D eigenvalue weighted by Crippen LogP contribution is 2.26. The van der Waals surface area contributed by atoms with Crippen molar-refractivity contribution in [3.8, 4) is 11.1 Å². The number of hydrogen-bond donors (Lipinski definition) is 1. The van der Waals surface area contributed by atoms with E-state index in [2.05, 4.69) is 12.2 Å². The Balaban J connectivity index is 2.12. The van der Waals surface area contributed by atoms with Crippen LogP contribution >= 0.6 is 0 Å². The van der Waals surface area contributed by atoms with Crippen molar-refractivity contribution in [2.45, 2.75) is 39.7 Å². The topological polar surface area (TPSA) is 38.3 Å². The predicted octanol–water partition coefficient (Wildman–Crippen LogP) is 5.40. The fraction of sp³-hybridized carbons (Fsp3) is 0.316. The number of amides is 1. The summed E-state index contributed by atoms with van der Waals surface area (Å²) in [5.74, 6) is -0.379. The van der Waals surface area contributed by atoms with Crippen molar-refractivity contribution < 1.29 is 13.9 Å². The third-order valence-corrected chi connectivity index (χ3v) is 3.77. The molecule has 0 fully saturated rings. The smallest absolute Gasteiger partial charge is 0.411 e. The number of anilines is 1. The molecular weight excluding hydrogens is 293 g/mol. The number of halogens is 1. The number of nitrogens with one attached hydrogen (secondary N) is 1. The Morgan fingerprint density at radius 1 is 1.17 bits per heavy atom. The van der Waals surface area contributed by atoms with Crippen LogP contribution in [-0.4, -0.2) is 12.2 Å². The van der Waals surface area contributed by atoms with Gasteiger partial charge in [-0.05, 0) is 49.1 Å². The van der Waals surface area contributed by atoms with Gasteiger partial charge in [-0.2, -0.15) is 0 Å². The third kappa shape index (κ3) is 4.55. The maximum Gasteiger partial charge on any atom is 0.411 e. The first-order valence-corrected chi connectivity index (χ1v) is 7.90. The molecule has 2 aromatic carbocycles. The Morgan fingerprint density at radius 2 is 1.87 bits per heavy atom. The van der Waals surface area contributed by atoms with Crippen LogP contribution in [-0.2, 0) is 11.2 Å². The highest BCUT2D eigenvalue weighted by molar-refractivity contribution is 5.85. The summed E-state index contributed by atoms with van der Waals surface area (Å²) in [7, 11) is 0. The van der Waals surface area contributed by atoms with E-state index in [1.165, 1.54) is 11.6 Å². The zero-order chi connectivity index (χ0) is 16.8. The standard InChI is InChI=1S/C19H22FNO2/c1-4-13(3)23-19(22)21-16-10-11-17(18(20)12-16)15-8-6-14(5-2)7-9-15/h6-13H,4-5H2,1-3H3,(H,21,22)/t13-/m0/s1. The second kappa shape index (κ2) is 7.77. The molecule has 2 aromatic rings. The fourth-order valence-electron chi connectivity index (χ4n) is 2.16. The van der Waals surface area contributed by atoms with Crippen LogP contribution in [0.4, 0.5) is 14.9 Å². The first-order chi connectivity index (χ1) is 11.0. The van der Waals surface area contributed by atoms with Crippen LogP contribution in [0, 0.1) is 5.82 Å². The molecule has 0 unspecified atom stereocenters. The fourth-order valence-corrected chi connectivity index (χ4v) is 2.16. The van der Waals surface area contributed by atoms with Crippen molar-refractivity contribution in [1.82, 2.24) is 0 Å². The molecule has 1 amide bonds. The second-order valence-electron chi connectivity index (χ2n) is 5.49. The van der Waals surface area contributed by atoms with Gasteiger partial charge in [0.05, 0.1) is 0 Å². The zero-order valence-electron chi connectivity index (χ0n) is 13.7. The van der Waals surface area contributed by atoms with E-state index < -0.39 is 6.09 Å². The van der Waals surface area contributed by atoms with E-state index in [1.54, 1.807) is 12.1 Å². The van der Waals surface area contributed by atoms with Crippen molar-refractivity contribution in [1.29, 1.82) is 0 Å². The molecule has 1 N–H and O–H groups in total. The van der Waals surface area contributed by atoms with Crippen LogP contribution in [0.2, 0.25) is 0 Å². The van der Waals surface area contributed by atoms with Gasteiger partial charge in [-0.15, -0.1) is 0 Å². The lowest BCUT2D eigenvalue weighted by Crippen LogP contribution is -2.19. The Morgan fingerprint density at radius 3 is 2.43 bits per heavy atom. The largest absolute Gasteiger partial charge is 0.446 e. The number of hydrogen-bond acceptors (Lipinski definition) is 2. The SMILES string of the molecule is CCc1ccc(-c2ccc(NC(=O)O[C@@H](C)CC)cc2F)cc1. The monoisotopic (exact) mass is 315 g/mol. The molecule has 0 saturated carbocycles. The molecule has 0 aliphatic heterocycles. The molecule has 23 heavy (non-hydrogen) atoms. The van der Waals surface area contributed by atoms with Gasteiger partial charge in [0.15, 0.2) is 0 Å². The molecule has 122 valence electrons. The van der Waals surface area contributed by atoms with E-state index in [4.69, 9.17) is 4.74 Å². The molecule has 0 spiro atoms. The van der Waals surface area contributed by atoms with Crippen LogP contribution in [0.15, 0.2) is 42.5 Å². The highest BCUT2D eigenvalue weighted by Gasteiger charge is 2.10. The maximum absolute atomic E-state index is 14.3. The Bertz CT molecular complexity index is 668. The number of benzene rings is 2. The summed E-state index contributed by atoms with van der Waals surface area (Å²) in [6.45, 7) is 5.81. The molecule has 0 aliphatic carbocycles. The molecule has 0 bridgehead atoms. The molecule has 3 nitrogen and oxygen atoms in total. The number of aryl methyl sites for hydroxylation is 1. The molecule has 0 aliphatic rings. The lowest BCUT2D eigenvalue weighted by molar-refractivity contribution is 0.118. The van der Waals surface area contributed by atoms with Gasteiger partial charge in [0, 0.05) is 11.3 Å². The van der Waals surface area contributed by atoms with Crippen LogP contribution in [0.5, 0.6) is 0 Å². The molecule has 1 atom stereocenters. The molecule has 2 rings (SSSR count). The molecule has 0 saturated heterocycles. The van der Waals surface area contributed by atoms with E-state index in [0.29, 0.717) is 11.3 Å². The first kappa shape index (κ1) is 17.0. The summed E-state index contributed by atoms with van der Waals surface area (Å²) in [4.78, 5) is 11.7. The number of carbonyl (C=O) groups excluding carboxylic acids is 1. The quantitative estimate of drug-likeness (QED) is 0.802. The van der Waals surface area contributed by atoms with Crippen LogP contribution in [0.25, 0.3) is 11.1 Å². The van der Waals surface area contributed by atoms with Gasteiger partial charge in [0.2, 0.25) is 0 Å². The summed E-state index contributed by atoms with van der Waals surface area (Å²) in [6.07, 6.45) is 0.938.